The number of anilines is 1. The Labute approximate surface area is 130 Å². The second-order valence-corrected chi connectivity index (χ2v) is 5.17. The molecule has 1 N–H and O–H groups in total. The standard InChI is InChI=1S/C16H21ClN2O2/c1-5-7-18-12-8-10(6-2)19-15-13(20-3)9-11(17)16(21-4)14(12)15/h8-9H,5-7H2,1-4H3,(H,18,19). The summed E-state index contributed by atoms with van der Waals surface area (Å²) in [5, 5.41) is 4.82. The van der Waals surface area contributed by atoms with E-state index in [1.54, 1.807) is 20.3 Å². The minimum Gasteiger partial charge on any atom is -0.494 e. The molecule has 0 aliphatic rings. The molecule has 0 unspecified atom stereocenters. The molecule has 21 heavy (non-hydrogen) atoms. The van der Waals surface area contributed by atoms with Crippen LogP contribution in [-0.2, 0) is 6.42 Å². The third kappa shape index (κ3) is 3.00. The van der Waals surface area contributed by atoms with Gasteiger partial charge >= 0.3 is 0 Å². The van der Waals surface area contributed by atoms with Gasteiger partial charge in [-0.1, -0.05) is 25.4 Å². The molecule has 0 saturated heterocycles. The van der Waals surface area contributed by atoms with Crippen molar-refractivity contribution in [1.82, 2.24) is 4.98 Å². The summed E-state index contributed by atoms with van der Waals surface area (Å²) in [6.45, 7) is 5.08. The summed E-state index contributed by atoms with van der Waals surface area (Å²) in [4.78, 5) is 4.68. The Hall–Kier alpha value is -1.68. The van der Waals surface area contributed by atoms with Crippen molar-refractivity contribution in [1.29, 1.82) is 0 Å². The second-order valence-electron chi connectivity index (χ2n) is 4.76. The molecule has 2 rings (SSSR count). The summed E-state index contributed by atoms with van der Waals surface area (Å²) in [7, 11) is 3.24. The average Bonchev–Trinajstić information content (AvgIpc) is 2.51. The number of hydrogen-bond donors (Lipinski definition) is 1. The van der Waals surface area contributed by atoms with Crippen LogP contribution in [0, 0.1) is 0 Å². The van der Waals surface area contributed by atoms with Crippen LogP contribution in [0.5, 0.6) is 11.5 Å². The molecule has 0 aliphatic carbocycles. The van der Waals surface area contributed by atoms with Gasteiger partial charge in [0.05, 0.1) is 24.6 Å². The molecule has 0 amide bonds. The molecular formula is C16H21ClN2O2. The zero-order valence-corrected chi connectivity index (χ0v) is 13.7. The van der Waals surface area contributed by atoms with E-state index in [0.717, 1.165) is 41.7 Å². The number of nitrogens with zero attached hydrogens (tertiary/aromatic N) is 1. The Morgan fingerprint density at radius 3 is 2.52 bits per heavy atom. The van der Waals surface area contributed by atoms with Gasteiger partial charge in [-0.05, 0) is 18.9 Å². The van der Waals surface area contributed by atoms with Crippen molar-refractivity contribution >= 4 is 28.2 Å². The molecule has 2 aromatic rings. The van der Waals surface area contributed by atoms with Crippen molar-refractivity contribution in [2.24, 2.45) is 0 Å². The normalized spacial score (nSPS) is 10.7. The van der Waals surface area contributed by atoms with Crippen LogP contribution in [0.2, 0.25) is 5.02 Å². The number of ether oxygens (including phenoxy) is 2. The van der Waals surface area contributed by atoms with E-state index in [0.29, 0.717) is 16.5 Å². The van der Waals surface area contributed by atoms with Crippen LogP contribution in [-0.4, -0.2) is 25.7 Å². The lowest BCUT2D eigenvalue weighted by molar-refractivity contribution is 0.410. The molecule has 5 heteroatoms. The van der Waals surface area contributed by atoms with Crippen molar-refractivity contribution in [3.63, 3.8) is 0 Å². The molecule has 1 heterocycles. The third-order valence-corrected chi connectivity index (χ3v) is 3.64. The number of benzene rings is 1. The van der Waals surface area contributed by atoms with Gasteiger partial charge in [-0.25, -0.2) is 4.98 Å². The quantitative estimate of drug-likeness (QED) is 0.864. The van der Waals surface area contributed by atoms with Gasteiger partial charge in [-0.3, -0.25) is 0 Å². The van der Waals surface area contributed by atoms with Gasteiger partial charge in [0.2, 0.25) is 0 Å². The lowest BCUT2D eigenvalue weighted by atomic mass is 10.1. The number of methoxy groups -OCH3 is 2. The van der Waals surface area contributed by atoms with E-state index in [1.165, 1.54) is 0 Å². The zero-order chi connectivity index (χ0) is 15.4. The third-order valence-electron chi connectivity index (χ3n) is 3.36. The second kappa shape index (κ2) is 6.85. The van der Waals surface area contributed by atoms with Crippen molar-refractivity contribution < 1.29 is 9.47 Å². The monoisotopic (exact) mass is 308 g/mol. The molecule has 1 aromatic carbocycles. The highest BCUT2D eigenvalue weighted by Crippen LogP contribution is 2.42. The molecule has 0 bridgehead atoms. The highest BCUT2D eigenvalue weighted by molar-refractivity contribution is 6.34. The van der Waals surface area contributed by atoms with Crippen molar-refractivity contribution in [3.05, 3.63) is 22.8 Å². The number of nitrogens with one attached hydrogen (secondary N) is 1. The number of fused-ring (bicyclic) bond motifs is 1. The number of hydrogen-bond acceptors (Lipinski definition) is 4. The van der Waals surface area contributed by atoms with E-state index >= 15 is 0 Å². The van der Waals surface area contributed by atoms with E-state index < -0.39 is 0 Å². The van der Waals surface area contributed by atoms with Crippen LogP contribution >= 0.6 is 11.6 Å². The first kappa shape index (κ1) is 15.7. The summed E-state index contributed by atoms with van der Waals surface area (Å²) in [5.41, 5.74) is 2.76. The number of rotatable bonds is 6. The predicted octanol–water partition coefficient (Wildman–Crippen LogP) is 4.29. The molecular weight excluding hydrogens is 288 g/mol. The summed E-state index contributed by atoms with van der Waals surface area (Å²) < 4.78 is 10.9. The number of halogens is 1. The molecule has 0 spiro atoms. The Bertz CT molecular complexity index is 644. The maximum atomic E-state index is 6.31. The Balaban J connectivity index is 2.81. The first-order chi connectivity index (χ1) is 10.2. The van der Waals surface area contributed by atoms with E-state index in [4.69, 9.17) is 21.1 Å². The van der Waals surface area contributed by atoms with Gasteiger partial charge in [0, 0.05) is 24.0 Å². The number of aryl methyl sites for hydroxylation is 1. The van der Waals surface area contributed by atoms with Crippen LogP contribution < -0.4 is 14.8 Å². The molecule has 1 aromatic heterocycles. The first-order valence-corrected chi connectivity index (χ1v) is 7.51. The zero-order valence-electron chi connectivity index (χ0n) is 12.9. The van der Waals surface area contributed by atoms with Crippen LogP contribution in [0.3, 0.4) is 0 Å². The molecule has 0 aliphatic heterocycles. The minimum atomic E-state index is 0.521. The molecule has 0 radical (unpaired) electrons. The molecule has 0 fully saturated rings. The SMILES string of the molecule is CCCNc1cc(CC)nc2c(OC)cc(Cl)c(OC)c12. The Morgan fingerprint density at radius 2 is 1.95 bits per heavy atom. The van der Waals surface area contributed by atoms with Gasteiger partial charge in [0.15, 0.2) is 0 Å². The van der Waals surface area contributed by atoms with Crippen LogP contribution in [0.1, 0.15) is 26.0 Å². The van der Waals surface area contributed by atoms with Crippen molar-refractivity contribution in [2.75, 3.05) is 26.1 Å². The smallest absolute Gasteiger partial charge is 0.149 e. The highest BCUT2D eigenvalue weighted by atomic mass is 35.5. The molecule has 0 saturated carbocycles. The highest BCUT2D eigenvalue weighted by Gasteiger charge is 2.18. The van der Waals surface area contributed by atoms with Gasteiger partial charge in [-0.15, -0.1) is 0 Å². The fourth-order valence-corrected chi connectivity index (χ4v) is 2.58. The molecule has 0 atom stereocenters. The summed E-state index contributed by atoms with van der Waals surface area (Å²) in [5.74, 6) is 1.28. The number of aromatic nitrogens is 1. The van der Waals surface area contributed by atoms with E-state index in [1.807, 2.05) is 0 Å². The van der Waals surface area contributed by atoms with Crippen LogP contribution in [0.25, 0.3) is 10.9 Å². The number of pyridine rings is 1. The van der Waals surface area contributed by atoms with E-state index in [9.17, 15) is 0 Å². The Kier molecular flexibility index (Phi) is 5.12. The summed E-state index contributed by atoms with van der Waals surface area (Å²) in [6, 6.07) is 3.80. The molecule has 114 valence electrons. The van der Waals surface area contributed by atoms with Gasteiger partial charge in [0.1, 0.15) is 17.0 Å². The Morgan fingerprint density at radius 1 is 1.19 bits per heavy atom. The van der Waals surface area contributed by atoms with E-state index in [2.05, 4.69) is 30.2 Å². The van der Waals surface area contributed by atoms with Gasteiger partial charge < -0.3 is 14.8 Å². The lowest BCUT2D eigenvalue weighted by Gasteiger charge is -2.16. The van der Waals surface area contributed by atoms with Crippen LogP contribution in [0.15, 0.2) is 12.1 Å². The average molecular weight is 309 g/mol. The lowest BCUT2D eigenvalue weighted by Crippen LogP contribution is -2.04. The fraction of sp³-hybridized carbons (Fsp3) is 0.438. The first-order valence-electron chi connectivity index (χ1n) is 7.14. The maximum absolute atomic E-state index is 6.31. The molecule has 4 nitrogen and oxygen atoms in total. The van der Waals surface area contributed by atoms with Gasteiger partial charge in [0.25, 0.3) is 0 Å². The van der Waals surface area contributed by atoms with Crippen molar-refractivity contribution in [3.8, 4) is 11.5 Å². The van der Waals surface area contributed by atoms with E-state index in [-0.39, 0.29) is 0 Å². The van der Waals surface area contributed by atoms with Crippen molar-refractivity contribution in [2.45, 2.75) is 26.7 Å². The fourth-order valence-electron chi connectivity index (χ4n) is 2.31. The maximum Gasteiger partial charge on any atom is 0.149 e. The minimum absolute atomic E-state index is 0.521. The topological polar surface area (TPSA) is 43.4 Å². The summed E-state index contributed by atoms with van der Waals surface area (Å²) in [6.07, 6.45) is 1.89. The summed E-state index contributed by atoms with van der Waals surface area (Å²) >= 11 is 6.31. The van der Waals surface area contributed by atoms with Gasteiger partial charge in [-0.2, -0.15) is 0 Å². The van der Waals surface area contributed by atoms with Crippen LogP contribution in [0.4, 0.5) is 5.69 Å². The predicted molar refractivity (Wildman–Crippen MR) is 88.0 cm³/mol. The largest absolute Gasteiger partial charge is 0.494 e.